The molecule has 1 amide bonds. The number of nitrogens with one attached hydrogen (secondary N) is 1. The Morgan fingerprint density at radius 2 is 2.07 bits per heavy atom. The number of nitrogens with two attached hydrogens (primary N) is 1. The zero-order valence-electron chi connectivity index (χ0n) is 15.7. The van der Waals surface area contributed by atoms with Crippen molar-refractivity contribution in [2.24, 2.45) is 10.7 Å². The summed E-state index contributed by atoms with van der Waals surface area (Å²) in [4.78, 5) is 19.9. The third kappa shape index (κ3) is 3.97. The van der Waals surface area contributed by atoms with Crippen molar-refractivity contribution in [2.75, 3.05) is 18.5 Å². The number of hydrogen-bond donors (Lipinski definition) is 2. The van der Waals surface area contributed by atoms with Crippen molar-refractivity contribution in [1.82, 2.24) is 4.98 Å². The molecule has 30 heavy (non-hydrogen) atoms. The second kappa shape index (κ2) is 8.19. The summed E-state index contributed by atoms with van der Waals surface area (Å²) < 4.78 is 62.6. The standard InChI is InChI=1S/C19H17ClF4N4O2/c1-2-18(19(23,24)9-30-8-15(25)28-18)12-6-11(3-4-14(12)22)27-17(29)16-13(20)5-10(21)7-26-16/h3-7H,2,8-9H2,1H3,(H2,25,28)(H,27,29)/t18-/m1/s1. The summed E-state index contributed by atoms with van der Waals surface area (Å²) in [5.41, 5.74) is 2.58. The Morgan fingerprint density at radius 3 is 2.73 bits per heavy atom. The minimum Gasteiger partial charge on any atom is -0.385 e. The Bertz CT molecular complexity index is 1020. The van der Waals surface area contributed by atoms with Crippen molar-refractivity contribution in [3.8, 4) is 0 Å². The fourth-order valence-corrected chi connectivity index (χ4v) is 3.48. The highest BCUT2D eigenvalue weighted by Crippen LogP contribution is 2.46. The lowest BCUT2D eigenvalue weighted by molar-refractivity contribution is -0.123. The molecule has 3 N–H and O–H groups in total. The Kier molecular flexibility index (Phi) is 6.00. The van der Waals surface area contributed by atoms with E-state index in [1.807, 2.05) is 0 Å². The number of anilines is 1. The molecule has 0 unspecified atom stereocenters. The molecule has 1 aliphatic rings. The number of alkyl halides is 2. The van der Waals surface area contributed by atoms with Crippen LogP contribution in [0.3, 0.4) is 0 Å². The molecular formula is C19H17ClF4N4O2. The van der Waals surface area contributed by atoms with E-state index in [4.69, 9.17) is 22.1 Å². The molecule has 6 nitrogen and oxygen atoms in total. The van der Waals surface area contributed by atoms with Crippen LogP contribution in [0.1, 0.15) is 29.4 Å². The van der Waals surface area contributed by atoms with Crippen LogP contribution in [0, 0.1) is 11.6 Å². The average molecular weight is 445 g/mol. The van der Waals surface area contributed by atoms with Crippen LogP contribution in [0.25, 0.3) is 0 Å². The van der Waals surface area contributed by atoms with Crippen LogP contribution >= 0.6 is 11.6 Å². The van der Waals surface area contributed by atoms with Crippen molar-refractivity contribution in [3.05, 3.63) is 58.4 Å². The molecule has 1 aromatic carbocycles. The van der Waals surface area contributed by atoms with Gasteiger partial charge in [-0.05, 0) is 30.7 Å². The van der Waals surface area contributed by atoms with E-state index in [1.54, 1.807) is 0 Å². The van der Waals surface area contributed by atoms with Gasteiger partial charge in [-0.25, -0.2) is 22.5 Å². The van der Waals surface area contributed by atoms with Crippen LogP contribution in [0.5, 0.6) is 0 Å². The van der Waals surface area contributed by atoms with Gasteiger partial charge in [-0.15, -0.1) is 0 Å². The molecule has 0 bridgehead atoms. The van der Waals surface area contributed by atoms with E-state index in [0.717, 1.165) is 24.4 Å². The number of aliphatic imine (C=N–C) groups is 1. The van der Waals surface area contributed by atoms with E-state index in [2.05, 4.69) is 15.3 Å². The lowest BCUT2D eigenvalue weighted by Gasteiger charge is -2.36. The summed E-state index contributed by atoms with van der Waals surface area (Å²) in [5.74, 6) is -6.30. The number of nitrogens with zero attached hydrogens (tertiary/aromatic N) is 2. The molecule has 0 radical (unpaired) electrons. The van der Waals surface area contributed by atoms with Crippen LogP contribution in [-0.4, -0.2) is 35.9 Å². The van der Waals surface area contributed by atoms with Crippen molar-refractivity contribution in [3.63, 3.8) is 0 Å². The van der Waals surface area contributed by atoms with E-state index in [1.165, 1.54) is 13.0 Å². The molecule has 1 atom stereocenters. The largest absolute Gasteiger partial charge is 0.385 e. The third-order valence-electron chi connectivity index (χ3n) is 4.68. The molecule has 1 aliphatic heterocycles. The smallest absolute Gasteiger partial charge is 0.299 e. The predicted molar refractivity (Wildman–Crippen MR) is 103 cm³/mol. The number of benzene rings is 1. The summed E-state index contributed by atoms with van der Waals surface area (Å²) in [6.45, 7) is 0.100. The number of pyridine rings is 1. The number of carbonyl (C=O) groups excluding carboxylic acids is 1. The predicted octanol–water partition coefficient (Wildman–Crippen LogP) is 3.89. The van der Waals surface area contributed by atoms with Crippen LogP contribution in [0.4, 0.5) is 23.2 Å². The van der Waals surface area contributed by atoms with E-state index in [9.17, 15) is 22.4 Å². The number of ether oxygens (including phenoxy) is 1. The van der Waals surface area contributed by atoms with Gasteiger partial charge < -0.3 is 15.8 Å². The second-order valence-electron chi connectivity index (χ2n) is 6.65. The number of carbonyl (C=O) groups is 1. The van der Waals surface area contributed by atoms with Crippen LogP contribution in [0.2, 0.25) is 5.02 Å². The highest BCUT2D eigenvalue weighted by molar-refractivity contribution is 6.34. The fraction of sp³-hybridized carbons (Fsp3) is 0.316. The fourth-order valence-electron chi connectivity index (χ4n) is 3.24. The maximum Gasteiger partial charge on any atom is 0.299 e. The highest BCUT2D eigenvalue weighted by atomic mass is 35.5. The van der Waals surface area contributed by atoms with Gasteiger partial charge in [-0.2, -0.15) is 0 Å². The van der Waals surface area contributed by atoms with E-state index in [-0.39, 0.29) is 35.3 Å². The van der Waals surface area contributed by atoms with Gasteiger partial charge in [0.05, 0.1) is 11.2 Å². The Balaban J connectivity index is 2.04. The first-order valence-corrected chi connectivity index (χ1v) is 9.19. The molecular weight excluding hydrogens is 428 g/mol. The molecule has 1 aromatic heterocycles. The number of rotatable bonds is 4. The first-order valence-electron chi connectivity index (χ1n) is 8.82. The van der Waals surface area contributed by atoms with Gasteiger partial charge in [0, 0.05) is 11.3 Å². The number of hydrogen-bond acceptors (Lipinski definition) is 5. The van der Waals surface area contributed by atoms with Gasteiger partial charge in [0.2, 0.25) is 0 Å². The first-order chi connectivity index (χ1) is 14.1. The summed E-state index contributed by atoms with van der Waals surface area (Å²) >= 11 is 5.82. The molecule has 11 heteroatoms. The zero-order chi connectivity index (χ0) is 22.1. The molecule has 2 heterocycles. The molecule has 0 saturated carbocycles. The maximum atomic E-state index is 15.0. The number of amides is 1. The summed E-state index contributed by atoms with van der Waals surface area (Å²) in [6.07, 6.45) is 0.510. The van der Waals surface area contributed by atoms with Crippen LogP contribution in [-0.2, 0) is 10.3 Å². The summed E-state index contributed by atoms with van der Waals surface area (Å²) in [5, 5.41) is 2.14. The first kappa shape index (κ1) is 22.0. The molecule has 160 valence electrons. The van der Waals surface area contributed by atoms with Crippen LogP contribution < -0.4 is 11.1 Å². The zero-order valence-corrected chi connectivity index (χ0v) is 16.4. The van der Waals surface area contributed by atoms with Crippen molar-refractivity contribution in [1.29, 1.82) is 0 Å². The number of halogens is 5. The Hall–Kier alpha value is -2.72. The topological polar surface area (TPSA) is 89.6 Å². The van der Waals surface area contributed by atoms with Gasteiger partial charge in [0.1, 0.15) is 36.4 Å². The molecule has 0 saturated heterocycles. The van der Waals surface area contributed by atoms with Gasteiger partial charge in [0.15, 0.2) is 5.54 Å². The van der Waals surface area contributed by atoms with Gasteiger partial charge >= 0.3 is 0 Å². The maximum absolute atomic E-state index is 15.0. The van der Waals surface area contributed by atoms with Crippen molar-refractivity contribution in [2.45, 2.75) is 24.8 Å². The lowest BCUT2D eigenvalue weighted by Crippen LogP contribution is -2.47. The minimum absolute atomic E-state index is 0.0128. The molecule has 2 aromatic rings. The number of amidine groups is 1. The Labute approximate surface area is 174 Å². The monoisotopic (exact) mass is 444 g/mol. The molecule has 0 spiro atoms. The second-order valence-corrected chi connectivity index (χ2v) is 7.05. The van der Waals surface area contributed by atoms with Gasteiger partial charge in [-0.3, -0.25) is 9.79 Å². The van der Waals surface area contributed by atoms with E-state index < -0.39 is 41.2 Å². The molecule has 3 rings (SSSR count). The summed E-state index contributed by atoms with van der Waals surface area (Å²) in [6, 6.07) is 4.05. The normalized spacial score (nSPS) is 20.9. The minimum atomic E-state index is -3.58. The third-order valence-corrected chi connectivity index (χ3v) is 4.97. The number of aromatic nitrogens is 1. The SMILES string of the molecule is CC[C@]1(c2cc(NC(=O)c3ncc(F)cc3Cl)ccc2F)N=C(N)COCC1(F)F. The average Bonchev–Trinajstić information content (AvgIpc) is 2.78. The molecule has 0 fully saturated rings. The van der Waals surface area contributed by atoms with Gasteiger partial charge in [0.25, 0.3) is 11.8 Å². The summed E-state index contributed by atoms with van der Waals surface area (Å²) in [7, 11) is 0. The lowest BCUT2D eigenvalue weighted by atomic mass is 9.81. The Morgan fingerprint density at radius 1 is 1.33 bits per heavy atom. The van der Waals surface area contributed by atoms with Crippen LogP contribution in [0.15, 0.2) is 35.5 Å². The van der Waals surface area contributed by atoms with Crippen molar-refractivity contribution < 1.29 is 27.1 Å². The highest BCUT2D eigenvalue weighted by Gasteiger charge is 2.56. The van der Waals surface area contributed by atoms with Crippen molar-refractivity contribution >= 4 is 29.0 Å². The molecule has 0 aliphatic carbocycles. The van der Waals surface area contributed by atoms with E-state index in [0.29, 0.717) is 0 Å². The quantitative estimate of drug-likeness (QED) is 0.700. The van der Waals surface area contributed by atoms with E-state index >= 15 is 0 Å². The van der Waals surface area contributed by atoms with Gasteiger partial charge in [-0.1, -0.05) is 18.5 Å².